The minimum atomic E-state index is -0.646. The SMILES string of the molecule is COC(=O)[C@@H](N)Cc1ccc(Oc2ccncc2)cc1. The molecule has 5 heteroatoms. The van der Waals surface area contributed by atoms with E-state index in [1.54, 1.807) is 24.5 Å². The van der Waals surface area contributed by atoms with Crippen LogP contribution in [0.1, 0.15) is 5.56 Å². The summed E-state index contributed by atoms with van der Waals surface area (Å²) < 4.78 is 10.2. The van der Waals surface area contributed by atoms with Crippen molar-refractivity contribution in [2.45, 2.75) is 12.5 Å². The van der Waals surface area contributed by atoms with Gasteiger partial charge in [-0.3, -0.25) is 9.78 Å². The Labute approximate surface area is 117 Å². The lowest BCUT2D eigenvalue weighted by molar-refractivity contribution is -0.142. The maximum Gasteiger partial charge on any atom is 0.322 e. The summed E-state index contributed by atoms with van der Waals surface area (Å²) in [5.74, 6) is 1.02. The van der Waals surface area contributed by atoms with Crippen molar-refractivity contribution >= 4 is 5.97 Å². The van der Waals surface area contributed by atoms with Crippen LogP contribution < -0.4 is 10.5 Å². The van der Waals surface area contributed by atoms with Crippen molar-refractivity contribution in [3.05, 3.63) is 54.4 Å². The molecular formula is C15H16N2O3. The Kier molecular flexibility index (Phi) is 4.68. The number of hydrogen-bond donors (Lipinski definition) is 1. The minimum absolute atomic E-state index is 0.415. The van der Waals surface area contributed by atoms with Crippen LogP contribution >= 0.6 is 0 Å². The third kappa shape index (κ3) is 3.80. The second kappa shape index (κ2) is 6.68. The highest BCUT2D eigenvalue weighted by atomic mass is 16.5. The molecule has 1 aromatic heterocycles. The van der Waals surface area contributed by atoms with Gasteiger partial charge in [0.2, 0.25) is 0 Å². The fourth-order valence-electron chi connectivity index (χ4n) is 1.72. The van der Waals surface area contributed by atoms with Gasteiger partial charge in [-0.05, 0) is 36.2 Å². The van der Waals surface area contributed by atoms with Crippen LogP contribution in [0.5, 0.6) is 11.5 Å². The number of hydrogen-bond acceptors (Lipinski definition) is 5. The van der Waals surface area contributed by atoms with Crippen molar-refractivity contribution in [1.29, 1.82) is 0 Å². The van der Waals surface area contributed by atoms with Crippen molar-refractivity contribution in [2.24, 2.45) is 5.73 Å². The molecule has 0 aliphatic heterocycles. The number of pyridine rings is 1. The van der Waals surface area contributed by atoms with Crippen LogP contribution in [0.4, 0.5) is 0 Å². The molecule has 5 nitrogen and oxygen atoms in total. The third-order valence-electron chi connectivity index (χ3n) is 2.77. The van der Waals surface area contributed by atoms with E-state index in [0.717, 1.165) is 11.3 Å². The van der Waals surface area contributed by atoms with Crippen molar-refractivity contribution in [2.75, 3.05) is 7.11 Å². The zero-order valence-electron chi connectivity index (χ0n) is 11.2. The van der Waals surface area contributed by atoms with Crippen molar-refractivity contribution in [3.8, 4) is 11.5 Å². The first-order valence-electron chi connectivity index (χ1n) is 6.19. The van der Waals surface area contributed by atoms with Gasteiger partial charge in [0.05, 0.1) is 7.11 Å². The zero-order chi connectivity index (χ0) is 14.4. The highest BCUT2D eigenvalue weighted by Gasteiger charge is 2.14. The maximum absolute atomic E-state index is 11.2. The van der Waals surface area contributed by atoms with Gasteiger partial charge in [0.15, 0.2) is 0 Å². The summed E-state index contributed by atoms with van der Waals surface area (Å²) in [7, 11) is 1.33. The lowest BCUT2D eigenvalue weighted by Crippen LogP contribution is -2.33. The first kappa shape index (κ1) is 14.0. The molecule has 0 unspecified atom stereocenters. The van der Waals surface area contributed by atoms with Crippen LogP contribution in [0.3, 0.4) is 0 Å². The summed E-state index contributed by atoms with van der Waals surface area (Å²) in [5, 5.41) is 0. The first-order chi connectivity index (χ1) is 9.69. The quantitative estimate of drug-likeness (QED) is 0.842. The highest BCUT2D eigenvalue weighted by molar-refractivity contribution is 5.75. The molecule has 0 fully saturated rings. The van der Waals surface area contributed by atoms with E-state index in [9.17, 15) is 4.79 Å². The van der Waals surface area contributed by atoms with Gasteiger partial charge in [0.1, 0.15) is 17.5 Å². The molecule has 0 spiro atoms. The van der Waals surface area contributed by atoms with Crippen LogP contribution in [0, 0.1) is 0 Å². The second-order valence-electron chi connectivity index (χ2n) is 4.26. The Morgan fingerprint density at radius 3 is 2.35 bits per heavy atom. The van der Waals surface area contributed by atoms with E-state index >= 15 is 0 Å². The molecule has 1 atom stereocenters. The number of ether oxygens (including phenoxy) is 2. The molecule has 0 saturated carbocycles. The van der Waals surface area contributed by atoms with E-state index in [-0.39, 0.29) is 0 Å². The standard InChI is InChI=1S/C15H16N2O3/c1-19-15(18)14(16)10-11-2-4-12(5-3-11)20-13-6-8-17-9-7-13/h2-9,14H,10,16H2,1H3/t14-/m0/s1. The summed E-state index contributed by atoms with van der Waals surface area (Å²) in [5.41, 5.74) is 6.66. The maximum atomic E-state index is 11.2. The molecule has 2 N–H and O–H groups in total. The van der Waals surface area contributed by atoms with E-state index in [4.69, 9.17) is 10.5 Å². The lowest BCUT2D eigenvalue weighted by Gasteiger charge is -2.10. The molecule has 104 valence electrons. The number of benzene rings is 1. The molecule has 0 aliphatic carbocycles. The number of methoxy groups -OCH3 is 1. The molecule has 1 aromatic carbocycles. The Bertz CT molecular complexity index is 555. The molecule has 1 heterocycles. The smallest absolute Gasteiger partial charge is 0.322 e. The van der Waals surface area contributed by atoms with Gasteiger partial charge < -0.3 is 15.2 Å². The van der Waals surface area contributed by atoms with Gasteiger partial charge >= 0.3 is 5.97 Å². The fraction of sp³-hybridized carbons (Fsp3) is 0.200. The van der Waals surface area contributed by atoms with E-state index in [1.807, 2.05) is 24.3 Å². The number of rotatable bonds is 5. The van der Waals surface area contributed by atoms with Gasteiger partial charge in [-0.15, -0.1) is 0 Å². The Morgan fingerprint density at radius 1 is 1.15 bits per heavy atom. The van der Waals surface area contributed by atoms with Crippen molar-refractivity contribution < 1.29 is 14.3 Å². The van der Waals surface area contributed by atoms with E-state index in [1.165, 1.54) is 7.11 Å². The predicted molar refractivity (Wildman–Crippen MR) is 74.4 cm³/mol. The molecule has 0 saturated heterocycles. The van der Waals surface area contributed by atoms with Gasteiger partial charge in [0.25, 0.3) is 0 Å². The number of carbonyl (C=O) groups is 1. The zero-order valence-corrected chi connectivity index (χ0v) is 11.2. The molecule has 0 bridgehead atoms. The van der Waals surface area contributed by atoms with E-state index in [0.29, 0.717) is 12.2 Å². The van der Waals surface area contributed by atoms with Gasteiger partial charge in [-0.1, -0.05) is 12.1 Å². The van der Waals surface area contributed by atoms with Gasteiger partial charge in [0, 0.05) is 12.4 Å². The minimum Gasteiger partial charge on any atom is -0.468 e. The molecule has 2 aromatic rings. The first-order valence-corrected chi connectivity index (χ1v) is 6.19. The number of aromatic nitrogens is 1. The van der Waals surface area contributed by atoms with Crippen molar-refractivity contribution in [3.63, 3.8) is 0 Å². The van der Waals surface area contributed by atoms with Crippen LogP contribution in [-0.4, -0.2) is 24.1 Å². The molecule has 0 aliphatic rings. The summed E-state index contributed by atoms with van der Waals surface area (Å²) in [6, 6.07) is 10.3. The number of esters is 1. The van der Waals surface area contributed by atoms with Gasteiger partial charge in [-0.25, -0.2) is 0 Å². The summed E-state index contributed by atoms with van der Waals surface area (Å²) in [6.45, 7) is 0. The van der Waals surface area contributed by atoms with Crippen molar-refractivity contribution in [1.82, 2.24) is 4.98 Å². The number of carbonyl (C=O) groups excluding carboxylic acids is 1. The largest absolute Gasteiger partial charge is 0.468 e. The predicted octanol–water partition coefficient (Wildman–Crippen LogP) is 1.92. The number of nitrogens with zero attached hydrogens (tertiary/aromatic N) is 1. The number of nitrogens with two attached hydrogens (primary N) is 1. The molecule has 2 rings (SSSR count). The van der Waals surface area contributed by atoms with Crippen LogP contribution in [0.25, 0.3) is 0 Å². The fourth-order valence-corrected chi connectivity index (χ4v) is 1.72. The molecule has 0 radical (unpaired) electrons. The summed E-state index contributed by atoms with van der Waals surface area (Å²) in [6.07, 6.45) is 3.76. The summed E-state index contributed by atoms with van der Waals surface area (Å²) in [4.78, 5) is 15.2. The highest BCUT2D eigenvalue weighted by Crippen LogP contribution is 2.20. The Morgan fingerprint density at radius 2 is 1.75 bits per heavy atom. The second-order valence-corrected chi connectivity index (χ2v) is 4.26. The van der Waals surface area contributed by atoms with E-state index < -0.39 is 12.0 Å². The monoisotopic (exact) mass is 272 g/mol. The molecule has 20 heavy (non-hydrogen) atoms. The Balaban J connectivity index is 1.98. The Hall–Kier alpha value is -2.40. The van der Waals surface area contributed by atoms with Crippen LogP contribution in [0.2, 0.25) is 0 Å². The third-order valence-corrected chi connectivity index (χ3v) is 2.77. The topological polar surface area (TPSA) is 74.4 Å². The normalized spacial score (nSPS) is 11.7. The molecule has 0 amide bonds. The average molecular weight is 272 g/mol. The van der Waals surface area contributed by atoms with Crippen LogP contribution in [0.15, 0.2) is 48.8 Å². The van der Waals surface area contributed by atoms with E-state index in [2.05, 4.69) is 9.72 Å². The lowest BCUT2D eigenvalue weighted by atomic mass is 10.1. The van der Waals surface area contributed by atoms with Gasteiger partial charge in [-0.2, -0.15) is 0 Å². The summed E-state index contributed by atoms with van der Waals surface area (Å²) >= 11 is 0. The average Bonchev–Trinajstić information content (AvgIpc) is 2.49. The molecular weight excluding hydrogens is 256 g/mol. The van der Waals surface area contributed by atoms with Crippen LogP contribution in [-0.2, 0) is 16.0 Å².